The second-order valence-corrected chi connectivity index (χ2v) is 8.19. The molecule has 0 unspecified atom stereocenters. The number of aliphatic carboxylic acids is 1. The maximum atomic E-state index is 12.7. The molecule has 0 aliphatic heterocycles. The lowest BCUT2D eigenvalue weighted by Crippen LogP contribution is -2.30. The minimum Gasteiger partial charge on any atom is -0.491 e. The maximum Gasteiger partial charge on any atom is 0.305 e. The second-order valence-electron chi connectivity index (χ2n) is 8.19. The van der Waals surface area contributed by atoms with Crippen molar-refractivity contribution in [3.63, 3.8) is 0 Å². The standard InChI is InChI=1S/C23H29NO4/c1-15(2)28-19-12-8-16(9-13-19)20(14-21(25)26)24-22(27)17-6-10-18(11-7-17)23(3,4)5/h6-13,15,20H,14H2,1-5H3,(H,24,27)(H,25,26)/t20-/m1/s1. The first-order valence-electron chi connectivity index (χ1n) is 9.46. The highest BCUT2D eigenvalue weighted by Gasteiger charge is 2.20. The maximum absolute atomic E-state index is 12.7. The van der Waals surface area contributed by atoms with Crippen molar-refractivity contribution in [2.24, 2.45) is 0 Å². The molecule has 2 N–H and O–H groups in total. The molecule has 0 bridgehead atoms. The van der Waals surface area contributed by atoms with Crippen molar-refractivity contribution in [3.05, 3.63) is 65.2 Å². The third-order valence-electron chi connectivity index (χ3n) is 4.35. The molecule has 28 heavy (non-hydrogen) atoms. The van der Waals surface area contributed by atoms with E-state index in [1.807, 2.05) is 26.0 Å². The lowest BCUT2D eigenvalue weighted by molar-refractivity contribution is -0.137. The molecule has 5 nitrogen and oxygen atoms in total. The first-order chi connectivity index (χ1) is 13.1. The zero-order chi connectivity index (χ0) is 20.9. The number of carboxylic acid groups (broad SMARTS) is 1. The molecular formula is C23H29NO4. The van der Waals surface area contributed by atoms with E-state index in [0.29, 0.717) is 11.3 Å². The highest BCUT2D eigenvalue weighted by atomic mass is 16.5. The Labute approximate surface area is 166 Å². The van der Waals surface area contributed by atoms with Gasteiger partial charge in [0.05, 0.1) is 18.6 Å². The van der Waals surface area contributed by atoms with Gasteiger partial charge in [0.2, 0.25) is 0 Å². The van der Waals surface area contributed by atoms with Gasteiger partial charge in [-0.25, -0.2) is 0 Å². The van der Waals surface area contributed by atoms with Crippen LogP contribution in [0.5, 0.6) is 5.75 Å². The van der Waals surface area contributed by atoms with Gasteiger partial charge in [-0.3, -0.25) is 9.59 Å². The van der Waals surface area contributed by atoms with Gasteiger partial charge in [0.1, 0.15) is 5.75 Å². The lowest BCUT2D eigenvalue weighted by atomic mass is 9.86. The summed E-state index contributed by atoms with van der Waals surface area (Å²) in [5.41, 5.74) is 2.36. The van der Waals surface area contributed by atoms with Gasteiger partial charge in [0, 0.05) is 5.56 Å². The summed E-state index contributed by atoms with van der Waals surface area (Å²) < 4.78 is 5.62. The van der Waals surface area contributed by atoms with Gasteiger partial charge in [-0.15, -0.1) is 0 Å². The van der Waals surface area contributed by atoms with Crippen LogP contribution in [0.1, 0.15) is 68.6 Å². The molecule has 2 rings (SSSR count). The van der Waals surface area contributed by atoms with Gasteiger partial charge in [0.25, 0.3) is 5.91 Å². The van der Waals surface area contributed by atoms with Crippen molar-refractivity contribution in [2.45, 2.75) is 58.6 Å². The Morgan fingerprint density at radius 1 is 1.00 bits per heavy atom. The zero-order valence-corrected chi connectivity index (χ0v) is 17.2. The van der Waals surface area contributed by atoms with Crippen LogP contribution < -0.4 is 10.1 Å². The predicted octanol–water partition coefficient (Wildman–Crippen LogP) is 4.72. The first kappa shape index (κ1) is 21.5. The monoisotopic (exact) mass is 383 g/mol. The van der Waals surface area contributed by atoms with Crippen LogP contribution in [0.3, 0.4) is 0 Å². The Hall–Kier alpha value is -2.82. The van der Waals surface area contributed by atoms with Crippen LogP contribution in [-0.2, 0) is 10.2 Å². The summed E-state index contributed by atoms with van der Waals surface area (Å²) in [4.78, 5) is 23.9. The molecule has 2 aromatic rings. The van der Waals surface area contributed by atoms with Crippen molar-refractivity contribution in [3.8, 4) is 5.75 Å². The largest absolute Gasteiger partial charge is 0.491 e. The topological polar surface area (TPSA) is 75.6 Å². The van der Waals surface area contributed by atoms with Crippen LogP contribution in [-0.4, -0.2) is 23.1 Å². The number of carbonyl (C=O) groups is 2. The number of nitrogens with one attached hydrogen (secondary N) is 1. The summed E-state index contributed by atoms with van der Waals surface area (Å²) in [7, 11) is 0. The molecule has 0 aromatic heterocycles. The van der Waals surface area contributed by atoms with E-state index in [2.05, 4.69) is 26.1 Å². The minimum atomic E-state index is -0.976. The van der Waals surface area contributed by atoms with Gasteiger partial charge < -0.3 is 15.2 Å². The Balaban J connectivity index is 2.17. The smallest absolute Gasteiger partial charge is 0.305 e. The molecule has 5 heteroatoms. The number of carboxylic acids is 1. The number of ether oxygens (including phenoxy) is 1. The van der Waals surface area contributed by atoms with Crippen LogP contribution in [0, 0.1) is 0 Å². The van der Waals surface area contributed by atoms with Gasteiger partial charge in [-0.2, -0.15) is 0 Å². The molecule has 0 aliphatic carbocycles. The number of hydrogen-bond donors (Lipinski definition) is 2. The molecule has 0 aliphatic rings. The van der Waals surface area contributed by atoms with E-state index in [1.54, 1.807) is 36.4 Å². The van der Waals surface area contributed by atoms with Crippen molar-refractivity contribution in [1.29, 1.82) is 0 Å². The second kappa shape index (κ2) is 8.91. The van der Waals surface area contributed by atoms with Gasteiger partial charge in [-0.1, -0.05) is 45.0 Å². The molecule has 150 valence electrons. The molecule has 0 heterocycles. The number of carbonyl (C=O) groups excluding carboxylic acids is 1. The number of rotatable bonds is 7. The van der Waals surface area contributed by atoms with Crippen LogP contribution >= 0.6 is 0 Å². The Bertz CT molecular complexity index is 802. The summed E-state index contributed by atoms with van der Waals surface area (Å²) in [6.07, 6.45) is -0.146. The van der Waals surface area contributed by atoms with E-state index in [1.165, 1.54) is 0 Å². The average Bonchev–Trinajstić information content (AvgIpc) is 2.60. The van der Waals surface area contributed by atoms with Crippen molar-refractivity contribution < 1.29 is 19.4 Å². The van der Waals surface area contributed by atoms with Crippen LogP contribution in [0.4, 0.5) is 0 Å². The van der Waals surface area contributed by atoms with Crippen molar-refractivity contribution in [2.75, 3.05) is 0 Å². The van der Waals surface area contributed by atoms with Gasteiger partial charge >= 0.3 is 5.97 Å². The summed E-state index contributed by atoms with van der Waals surface area (Å²) in [5.74, 6) is -0.568. The summed E-state index contributed by atoms with van der Waals surface area (Å²) in [6.45, 7) is 10.2. The van der Waals surface area contributed by atoms with Crippen LogP contribution in [0.2, 0.25) is 0 Å². The third-order valence-corrected chi connectivity index (χ3v) is 4.35. The SMILES string of the molecule is CC(C)Oc1ccc([C@@H](CC(=O)O)NC(=O)c2ccc(C(C)(C)C)cc2)cc1. The zero-order valence-electron chi connectivity index (χ0n) is 17.2. The van der Waals surface area contributed by atoms with E-state index >= 15 is 0 Å². The molecule has 0 saturated carbocycles. The minimum absolute atomic E-state index is 0.000647. The Kier molecular flexibility index (Phi) is 6.84. The number of amides is 1. The van der Waals surface area contributed by atoms with Gasteiger partial charge in [-0.05, 0) is 54.7 Å². The fourth-order valence-electron chi connectivity index (χ4n) is 2.84. The van der Waals surface area contributed by atoms with E-state index < -0.39 is 12.0 Å². The number of benzene rings is 2. The van der Waals surface area contributed by atoms with Crippen molar-refractivity contribution in [1.82, 2.24) is 5.32 Å². The summed E-state index contributed by atoms with van der Waals surface area (Å²) >= 11 is 0. The van der Waals surface area contributed by atoms with Crippen molar-refractivity contribution >= 4 is 11.9 Å². The molecular weight excluding hydrogens is 354 g/mol. The number of hydrogen-bond acceptors (Lipinski definition) is 3. The fraction of sp³-hybridized carbons (Fsp3) is 0.391. The summed E-state index contributed by atoms with van der Waals surface area (Å²) in [6, 6.07) is 13.9. The Morgan fingerprint density at radius 3 is 2.04 bits per heavy atom. The highest BCUT2D eigenvalue weighted by Crippen LogP contribution is 2.24. The normalized spacial score (nSPS) is 12.5. The van der Waals surface area contributed by atoms with E-state index in [9.17, 15) is 14.7 Å². The molecule has 0 fully saturated rings. The molecule has 2 aromatic carbocycles. The lowest BCUT2D eigenvalue weighted by Gasteiger charge is -2.20. The Morgan fingerprint density at radius 2 is 1.57 bits per heavy atom. The van der Waals surface area contributed by atoms with E-state index in [0.717, 1.165) is 11.1 Å². The quantitative estimate of drug-likeness (QED) is 0.725. The summed E-state index contributed by atoms with van der Waals surface area (Å²) in [5, 5.41) is 12.1. The van der Waals surface area contributed by atoms with E-state index in [-0.39, 0.29) is 23.8 Å². The fourth-order valence-corrected chi connectivity index (χ4v) is 2.84. The predicted molar refractivity (Wildman–Crippen MR) is 110 cm³/mol. The van der Waals surface area contributed by atoms with Crippen LogP contribution in [0.15, 0.2) is 48.5 Å². The average molecular weight is 383 g/mol. The van der Waals surface area contributed by atoms with E-state index in [4.69, 9.17) is 4.74 Å². The molecule has 0 radical (unpaired) electrons. The molecule has 1 atom stereocenters. The first-order valence-corrected chi connectivity index (χ1v) is 9.46. The highest BCUT2D eigenvalue weighted by molar-refractivity contribution is 5.94. The third kappa shape index (κ3) is 6.12. The van der Waals surface area contributed by atoms with Gasteiger partial charge in [0.15, 0.2) is 0 Å². The molecule has 0 saturated heterocycles. The molecule has 0 spiro atoms. The van der Waals surface area contributed by atoms with Crippen LogP contribution in [0.25, 0.3) is 0 Å². The molecule has 1 amide bonds.